The van der Waals surface area contributed by atoms with Gasteiger partial charge in [0.25, 0.3) is 0 Å². The fraction of sp³-hybridized carbons (Fsp3) is 0.636. The standard InChI is InChI=1S/C11H19/c1-4-6-8-10-11(3)9-7-5-2/h3,8,10H,4-7,9H2,1-2H3. The molecular weight excluding hydrogens is 132 g/mol. The van der Waals surface area contributed by atoms with Gasteiger partial charge in [-0.05, 0) is 24.8 Å². The monoisotopic (exact) mass is 151 g/mol. The molecule has 0 spiro atoms. The van der Waals surface area contributed by atoms with Gasteiger partial charge in [-0.3, -0.25) is 0 Å². The number of allylic oxidation sites excluding steroid dienone is 3. The summed E-state index contributed by atoms with van der Waals surface area (Å²) in [6, 6.07) is 0. The van der Waals surface area contributed by atoms with Crippen molar-refractivity contribution in [2.45, 2.75) is 46.0 Å². The maximum absolute atomic E-state index is 5.73. The van der Waals surface area contributed by atoms with Crippen LogP contribution in [0.5, 0.6) is 0 Å². The summed E-state index contributed by atoms with van der Waals surface area (Å²) in [6.07, 6.45) is 10.1. The van der Waals surface area contributed by atoms with E-state index in [4.69, 9.17) is 6.58 Å². The third-order valence-corrected chi connectivity index (χ3v) is 1.61. The Labute approximate surface area is 71.0 Å². The number of hydrogen-bond donors (Lipinski definition) is 0. The smallest absolute Gasteiger partial charge is 0.0279 e. The van der Waals surface area contributed by atoms with Crippen molar-refractivity contribution in [2.75, 3.05) is 0 Å². The second kappa shape index (κ2) is 7.59. The molecule has 0 atom stereocenters. The lowest BCUT2D eigenvalue weighted by molar-refractivity contribution is 0.797. The largest absolute Gasteiger partial charge is 0.0843 e. The van der Waals surface area contributed by atoms with Crippen molar-refractivity contribution < 1.29 is 0 Å². The molecule has 0 fully saturated rings. The summed E-state index contributed by atoms with van der Waals surface area (Å²) in [6.45, 7) is 10.1. The molecule has 0 saturated heterocycles. The van der Waals surface area contributed by atoms with Crippen LogP contribution in [0.3, 0.4) is 0 Å². The molecular formula is C11H19. The predicted molar refractivity (Wildman–Crippen MR) is 51.4 cm³/mol. The molecule has 0 saturated carbocycles. The first kappa shape index (κ1) is 10.5. The Hall–Kier alpha value is -0.520. The minimum Gasteiger partial charge on any atom is -0.0843 e. The van der Waals surface area contributed by atoms with Crippen LogP contribution < -0.4 is 0 Å². The average Bonchev–Trinajstić information content (AvgIpc) is 2.01. The Morgan fingerprint density at radius 1 is 1.27 bits per heavy atom. The molecule has 0 N–H and O–H groups in total. The van der Waals surface area contributed by atoms with Crippen LogP contribution in [0.25, 0.3) is 0 Å². The summed E-state index contributed by atoms with van der Waals surface area (Å²) in [4.78, 5) is 0. The van der Waals surface area contributed by atoms with Crippen molar-refractivity contribution in [3.8, 4) is 0 Å². The second-order valence-corrected chi connectivity index (χ2v) is 2.87. The molecule has 11 heavy (non-hydrogen) atoms. The summed E-state index contributed by atoms with van der Waals surface area (Å²) in [5.74, 6) is 0. The lowest BCUT2D eigenvalue weighted by Crippen LogP contribution is -1.76. The van der Waals surface area contributed by atoms with Crippen LogP contribution >= 0.6 is 0 Å². The second-order valence-electron chi connectivity index (χ2n) is 2.87. The van der Waals surface area contributed by atoms with E-state index in [1.54, 1.807) is 0 Å². The summed E-state index contributed by atoms with van der Waals surface area (Å²) < 4.78 is 0. The van der Waals surface area contributed by atoms with Gasteiger partial charge in [-0.15, -0.1) is 0 Å². The minimum atomic E-state index is 1.03. The normalized spacial score (nSPS) is 10.7. The maximum atomic E-state index is 5.73. The average molecular weight is 151 g/mol. The molecule has 0 nitrogen and oxygen atoms in total. The van der Waals surface area contributed by atoms with E-state index >= 15 is 0 Å². The number of unbranched alkanes of at least 4 members (excludes halogenated alkanes) is 2. The third-order valence-electron chi connectivity index (χ3n) is 1.61. The third kappa shape index (κ3) is 7.38. The topological polar surface area (TPSA) is 0 Å². The Bertz CT molecular complexity index is 120. The van der Waals surface area contributed by atoms with Crippen LogP contribution in [0.2, 0.25) is 0 Å². The minimum absolute atomic E-state index is 1.03. The molecule has 0 bridgehead atoms. The molecule has 0 aromatic rings. The van der Waals surface area contributed by atoms with Crippen LogP contribution in [0.1, 0.15) is 46.0 Å². The zero-order valence-corrected chi connectivity index (χ0v) is 7.77. The van der Waals surface area contributed by atoms with Crippen LogP contribution in [0, 0.1) is 6.58 Å². The highest BCUT2D eigenvalue weighted by Gasteiger charge is 1.86. The molecule has 0 aliphatic rings. The Morgan fingerprint density at radius 3 is 2.55 bits per heavy atom. The molecule has 0 heterocycles. The summed E-state index contributed by atoms with van der Waals surface area (Å²) in [7, 11) is 0. The van der Waals surface area contributed by atoms with Crippen molar-refractivity contribution in [1.82, 2.24) is 0 Å². The first-order chi connectivity index (χ1) is 5.31. The van der Waals surface area contributed by atoms with E-state index in [1.807, 2.05) is 0 Å². The van der Waals surface area contributed by atoms with Crippen LogP contribution in [-0.4, -0.2) is 0 Å². The van der Waals surface area contributed by atoms with Crippen molar-refractivity contribution in [3.05, 3.63) is 24.3 Å². The fourth-order valence-electron chi connectivity index (χ4n) is 0.866. The van der Waals surface area contributed by atoms with Gasteiger partial charge in [0.2, 0.25) is 0 Å². The van der Waals surface area contributed by atoms with Gasteiger partial charge in [-0.25, -0.2) is 0 Å². The maximum Gasteiger partial charge on any atom is -0.0279 e. The first-order valence-electron chi connectivity index (χ1n) is 4.59. The van der Waals surface area contributed by atoms with Gasteiger partial charge in [0.15, 0.2) is 0 Å². The summed E-state index contributed by atoms with van der Waals surface area (Å²) in [5, 5.41) is 0. The molecule has 0 aromatic carbocycles. The zero-order valence-electron chi connectivity index (χ0n) is 7.77. The SMILES string of the molecule is [CH]=C(C=CCCC)CCCC. The summed E-state index contributed by atoms with van der Waals surface area (Å²) >= 11 is 0. The van der Waals surface area contributed by atoms with Crippen molar-refractivity contribution in [1.29, 1.82) is 0 Å². The van der Waals surface area contributed by atoms with Gasteiger partial charge in [0.05, 0.1) is 0 Å². The van der Waals surface area contributed by atoms with Gasteiger partial charge >= 0.3 is 0 Å². The van der Waals surface area contributed by atoms with E-state index in [0.717, 1.165) is 18.4 Å². The van der Waals surface area contributed by atoms with Gasteiger partial charge in [0.1, 0.15) is 0 Å². The highest BCUT2D eigenvalue weighted by Crippen LogP contribution is 2.06. The van der Waals surface area contributed by atoms with Crippen molar-refractivity contribution >= 4 is 0 Å². The predicted octanol–water partition coefficient (Wildman–Crippen LogP) is 3.89. The van der Waals surface area contributed by atoms with Gasteiger partial charge in [-0.1, -0.05) is 45.4 Å². The van der Waals surface area contributed by atoms with Gasteiger partial charge < -0.3 is 0 Å². The highest BCUT2D eigenvalue weighted by molar-refractivity contribution is 5.11. The molecule has 0 heteroatoms. The molecule has 0 amide bonds. The van der Waals surface area contributed by atoms with Gasteiger partial charge in [-0.2, -0.15) is 0 Å². The van der Waals surface area contributed by atoms with Crippen LogP contribution in [0.15, 0.2) is 17.7 Å². The van der Waals surface area contributed by atoms with Crippen LogP contribution in [0.4, 0.5) is 0 Å². The van der Waals surface area contributed by atoms with Crippen LogP contribution in [-0.2, 0) is 0 Å². The van der Waals surface area contributed by atoms with Crippen molar-refractivity contribution in [2.24, 2.45) is 0 Å². The number of rotatable bonds is 6. The lowest BCUT2D eigenvalue weighted by Gasteiger charge is -1.95. The van der Waals surface area contributed by atoms with E-state index in [0.29, 0.717) is 0 Å². The first-order valence-corrected chi connectivity index (χ1v) is 4.59. The molecule has 0 aromatic heterocycles. The Morgan fingerprint density at radius 2 is 2.00 bits per heavy atom. The highest BCUT2D eigenvalue weighted by atomic mass is 13.9. The number of hydrogen-bond acceptors (Lipinski definition) is 0. The molecule has 0 aliphatic carbocycles. The lowest BCUT2D eigenvalue weighted by atomic mass is 10.1. The van der Waals surface area contributed by atoms with Crippen molar-refractivity contribution in [3.63, 3.8) is 0 Å². The zero-order chi connectivity index (χ0) is 8.53. The van der Waals surface area contributed by atoms with E-state index in [1.165, 1.54) is 19.3 Å². The Kier molecular flexibility index (Phi) is 7.23. The molecule has 0 unspecified atom stereocenters. The molecule has 63 valence electrons. The van der Waals surface area contributed by atoms with E-state index in [-0.39, 0.29) is 0 Å². The molecule has 1 radical (unpaired) electrons. The molecule has 0 aliphatic heterocycles. The van der Waals surface area contributed by atoms with E-state index in [2.05, 4.69) is 26.0 Å². The molecule has 0 rings (SSSR count). The van der Waals surface area contributed by atoms with E-state index < -0.39 is 0 Å². The Balaban J connectivity index is 3.35. The quantitative estimate of drug-likeness (QED) is 0.505. The van der Waals surface area contributed by atoms with E-state index in [9.17, 15) is 0 Å². The summed E-state index contributed by atoms with van der Waals surface area (Å²) in [5.41, 5.74) is 1.03. The fourth-order valence-corrected chi connectivity index (χ4v) is 0.866. The van der Waals surface area contributed by atoms with Gasteiger partial charge in [0, 0.05) is 0 Å².